The maximum absolute atomic E-state index is 12.9. The molecule has 2 N–H and O–H groups in total. The van der Waals surface area contributed by atoms with Crippen molar-refractivity contribution < 1.29 is 24.2 Å². The summed E-state index contributed by atoms with van der Waals surface area (Å²) in [6, 6.07) is 5.94. The van der Waals surface area contributed by atoms with Gasteiger partial charge in [0.05, 0.1) is 13.5 Å². The molecule has 7 nitrogen and oxygen atoms in total. The Kier molecular flexibility index (Phi) is 8.96. The highest BCUT2D eigenvalue weighted by atomic mass is 16.5. The summed E-state index contributed by atoms with van der Waals surface area (Å²) in [6.45, 7) is 6.15. The van der Waals surface area contributed by atoms with Gasteiger partial charge in [-0.1, -0.05) is 39.0 Å². The van der Waals surface area contributed by atoms with E-state index in [2.05, 4.69) is 10.1 Å². The van der Waals surface area contributed by atoms with Crippen molar-refractivity contribution in [3.05, 3.63) is 29.8 Å². The fourth-order valence-electron chi connectivity index (χ4n) is 2.74. The molecule has 0 saturated carbocycles. The summed E-state index contributed by atoms with van der Waals surface area (Å²) in [5.41, 5.74) is 0.0300. The molecule has 0 aromatic heterocycles. The van der Waals surface area contributed by atoms with Crippen molar-refractivity contribution in [2.24, 2.45) is 5.41 Å². The predicted molar refractivity (Wildman–Crippen MR) is 107 cm³/mol. The molecule has 1 aromatic carbocycles. The smallest absolute Gasteiger partial charge is 0.305 e. The topological polar surface area (TPSA) is 95.9 Å². The Morgan fingerprint density at radius 2 is 1.82 bits per heavy atom. The van der Waals surface area contributed by atoms with Gasteiger partial charge in [-0.05, 0) is 24.3 Å². The summed E-state index contributed by atoms with van der Waals surface area (Å²) in [5, 5.41) is 12.7. The molecule has 0 saturated heterocycles. The minimum Gasteiger partial charge on any atom is -0.508 e. The fraction of sp³-hybridized carbons (Fsp3) is 0.571. The molecule has 0 aliphatic carbocycles. The van der Waals surface area contributed by atoms with E-state index < -0.39 is 11.5 Å². The number of rotatable bonds is 9. The lowest BCUT2D eigenvalue weighted by Crippen LogP contribution is -2.54. The van der Waals surface area contributed by atoms with E-state index in [0.717, 1.165) is 0 Å². The second kappa shape index (κ2) is 10.7. The van der Waals surface area contributed by atoms with E-state index in [1.165, 1.54) is 13.2 Å². The number of benzene rings is 1. The number of methoxy groups -OCH3 is 1. The molecule has 0 unspecified atom stereocenters. The first-order valence-electron chi connectivity index (χ1n) is 9.44. The number of carbonyl (C=O) groups excluding carboxylic acids is 3. The molecular formula is C21H32N2O5. The van der Waals surface area contributed by atoms with Crippen molar-refractivity contribution in [2.75, 3.05) is 20.7 Å². The van der Waals surface area contributed by atoms with Crippen LogP contribution in [0.5, 0.6) is 5.75 Å². The first-order chi connectivity index (χ1) is 13.1. The van der Waals surface area contributed by atoms with Crippen LogP contribution >= 0.6 is 0 Å². The van der Waals surface area contributed by atoms with Crippen molar-refractivity contribution in [1.82, 2.24) is 10.2 Å². The third-order valence-corrected chi connectivity index (χ3v) is 4.49. The van der Waals surface area contributed by atoms with Gasteiger partial charge in [-0.3, -0.25) is 14.4 Å². The molecule has 7 heteroatoms. The Bertz CT molecular complexity index is 682. The number of para-hydroxylation sites is 1. The summed E-state index contributed by atoms with van der Waals surface area (Å²) < 4.78 is 4.60. The van der Waals surface area contributed by atoms with Crippen molar-refractivity contribution >= 4 is 17.8 Å². The molecule has 1 aromatic rings. The summed E-state index contributed by atoms with van der Waals surface area (Å²) in [6.07, 6.45) is 1.61. The maximum Gasteiger partial charge on any atom is 0.305 e. The third-order valence-electron chi connectivity index (χ3n) is 4.49. The molecule has 0 radical (unpaired) electrons. The van der Waals surface area contributed by atoms with Crippen LogP contribution in [0.1, 0.15) is 45.6 Å². The molecule has 1 atom stereocenters. The van der Waals surface area contributed by atoms with Crippen molar-refractivity contribution in [3.63, 3.8) is 0 Å². The Hall–Kier alpha value is -2.57. The van der Waals surface area contributed by atoms with E-state index in [9.17, 15) is 19.5 Å². The van der Waals surface area contributed by atoms with Crippen LogP contribution in [0, 0.1) is 5.41 Å². The van der Waals surface area contributed by atoms with Gasteiger partial charge in [-0.15, -0.1) is 0 Å². The lowest BCUT2D eigenvalue weighted by molar-refractivity contribution is -0.140. The average Bonchev–Trinajstić information content (AvgIpc) is 2.63. The van der Waals surface area contributed by atoms with E-state index >= 15 is 0 Å². The standard InChI is InChI=1S/C21H32N2O5/c1-21(2,3)19(20(27)23(4)13-9-8-12-18(26)28-5)22-17(25)14-15-10-6-7-11-16(15)24/h6-7,10-11,19,24H,8-9,12-14H2,1-5H3,(H,22,25)/t19-/m1/s1. The van der Waals surface area contributed by atoms with Gasteiger partial charge in [0.25, 0.3) is 0 Å². The zero-order valence-electron chi connectivity index (χ0n) is 17.4. The number of hydrogen-bond acceptors (Lipinski definition) is 5. The lowest BCUT2D eigenvalue weighted by Gasteiger charge is -2.33. The molecule has 0 heterocycles. The highest BCUT2D eigenvalue weighted by molar-refractivity contribution is 5.89. The molecule has 0 aliphatic heterocycles. The number of ether oxygens (including phenoxy) is 1. The molecule has 156 valence electrons. The number of nitrogens with one attached hydrogen (secondary N) is 1. The molecule has 0 spiro atoms. The number of amides is 2. The SMILES string of the molecule is COC(=O)CCCCN(C)C(=O)[C@@H](NC(=O)Cc1ccccc1O)C(C)(C)C. The minimum atomic E-state index is -0.698. The number of unbranched alkanes of at least 4 members (excludes halogenated alkanes) is 1. The van der Waals surface area contributed by atoms with Gasteiger partial charge in [0.1, 0.15) is 11.8 Å². The van der Waals surface area contributed by atoms with Crippen LogP contribution in [-0.4, -0.2) is 54.5 Å². The van der Waals surface area contributed by atoms with Crippen molar-refractivity contribution in [2.45, 2.75) is 52.5 Å². The predicted octanol–water partition coefficient (Wildman–Crippen LogP) is 2.27. The Labute approximate surface area is 167 Å². The monoisotopic (exact) mass is 392 g/mol. The number of likely N-dealkylation sites (N-methyl/N-ethyl adjacent to an activating group) is 1. The zero-order valence-corrected chi connectivity index (χ0v) is 17.4. The number of aromatic hydroxyl groups is 1. The second-order valence-electron chi connectivity index (χ2n) is 7.97. The first-order valence-corrected chi connectivity index (χ1v) is 9.44. The fourth-order valence-corrected chi connectivity index (χ4v) is 2.74. The van der Waals surface area contributed by atoms with Crippen LogP contribution in [0.15, 0.2) is 24.3 Å². The normalized spacial score (nSPS) is 12.2. The maximum atomic E-state index is 12.9. The van der Waals surface area contributed by atoms with Gasteiger partial charge >= 0.3 is 5.97 Å². The van der Waals surface area contributed by atoms with Crippen LogP contribution < -0.4 is 5.32 Å². The van der Waals surface area contributed by atoms with Gasteiger partial charge < -0.3 is 20.1 Å². The van der Waals surface area contributed by atoms with Gasteiger partial charge in [0, 0.05) is 25.6 Å². The van der Waals surface area contributed by atoms with Crippen LogP contribution in [-0.2, 0) is 25.5 Å². The second-order valence-corrected chi connectivity index (χ2v) is 7.97. The number of nitrogens with zero attached hydrogens (tertiary/aromatic N) is 1. The quantitative estimate of drug-likeness (QED) is 0.496. The summed E-state index contributed by atoms with van der Waals surface area (Å²) in [4.78, 5) is 38.1. The van der Waals surface area contributed by atoms with Crippen LogP contribution in [0.25, 0.3) is 0 Å². The summed E-state index contributed by atoms with van der Waals surface area (Å²) in [7, 11) is 3.04. The van der Waals surface area contributed by atoms with Crippen LogP contribution in [0.4, 0.5) is 0 Å². The highest BCUT2D eigenvalue weighted by Gasteiger charge is 2.34. The van der Waals surface area contributed by atoms with E-state index in [4.69, 9.17) is 0 Å². The molecule has 28 heavy (non-hydrogen) atoms. The molecular weight excluding hydrogens is 360 g/mol. The summed E-state index contributed by atoms with van der Waals surface area (Å²) >= 11 is 0. The van der Waals surface area contributed by atoms with Gasteiger partial charge in [-0.25, -0.2) is 0 Å². The molecule has 0 fully saturated rings. The van der Waals surface area contributed by atoms with E-state index in [0.29, 0.717) is 31.4 Å². The molecule has 2 amide bonds. The minimum absolute atomic E-state index is 0.00459. The average molecular weight is 392 g/mol. The number of phenolic OH excluding ortho intramolecular Hbond substituents is 1. The highest BCUT2D eigenvalue weighted by Crippen LogP contribution is 2.22. The van der Waals surface area contributed by atoms with Gasteiger partial charge in [0.15, 0.2) is 0 Å². The number of carbonyl (C=O) groups is 3. The molecule has 1 rings (SSSR count). The van der Waals surface area contributed by atoms with Crippen molar-refractivity contribution in [3.8, 4) is 5.75 Å². The largest absolute Gasteiger partial charge is 0.508 e. The Balaban J connectivity index is 2.68. The van der Waals surface area contributed by atoms with Crippen LogP contribution in [0.2, 0.25) is 0 Å². The third kappa shape index (κ3) is 7.58. The number of esters is 1. The van der Waals surface area contributed by atoms with E-state index in [1.807, 2.05) is 20.8 Å². The number of hydrogen-bond donors (Lipinski definition) is 2. The van der Waals surface area contributed by atoms with Crippen molar-refractivity contribution in [1.29, 1.82) is 0 Å². The van der Waals surface area contributed by atoms with E-state index in [-0.39, 0.29) is 30.0 Å². The van der Waals surface area contributed by atoms with Gasteiger partial charge in [0.2, 0.25) is 11.8 Å². The molecule has 0 aliphatic rings. The Morgan fingerprint density at radius 1 is 1.18 bits per heavy atom. The number of phenols is 1. The lowest BCUT2D eigenvalue weighted by atomic mass is 9.85. The zero-order chi connectivity index (χ0) is 21.3. The first kappa shape index (κ1) is 23.5. The Morgan fingerprint density at radius 3 is 2.39 bits per heavy atom. The van der Waals surface area contributed by atoms with E-state index in [1.54, 1.807) is 30.1 Å². The summed E-state index contributed by atoms with van der Waals surface area (Å²) in [5.74, 6) is -0.720. The van der Waals surface area contributed by atoms with Crippen LogP contribution in [0.3, 0.4) is 0 Å². The van der Waals surface area contributed by atoms with Gasteiger partial charge in [-0.2, -0.15) is 0 Å². The molecule has 0 bridgehead atoms.